The quantitative estimate of drug-likeness (QED) is 0.472. The molecule has 0 aliphatic carbocycles. The molecule has 0 radical (unpaired) electrons. The Hall–Kier alpha value is -1.81. The van der Waals surface area contributed by atoms with Crippen LogP contribution in [-0.2, 0) is 16.0 Å². The molecule has 1 rings (SSSR count). The van der Waals surface area contributed by atoms with Gasteiger partial charge in [-0.2, -0.15) is 0 Å². The second kappa shape index (κ2) is 8.32. The highest BCUT2D eigenvalue weighted by molar-refractivity contribution is 7.09. The van der Waals surface area contributed by atoms with Crippen LogP contribution in [-0.4, -0.2) is 19.6 Å². The smallest absolute Gasteiger partial charge is 0.250 e. The first-order valence-electron chi connectivity index (χ1n) is 6.05. The number of amides is 1. The number of thiophene rings is 1. The van der Waals surface area contributed by atoms with Gasteiger partial charge in [-0.1, -0.05) is 18.7 Å². The van der Waals surface area contributed by atoms with Crippen LogP contribution in [0.2, 0.25) is 0 Å². The molecule has 0 aromatic carbocycles. The summed E-state index contributed by atoms with van der Waals surface area (Å²) >= 11 is 1.70. The summed E-state index contributed by atoms with van der Waals surface area (Å²) in [6, 6.07) is 4.08. The minimum absolute atomic E-state index is 0.0841. The fraction of sp³-hybridized carbons (Fsp3) is 0.267. The van der Waals surface area contributed by atoms with Crippen LogP contribution < -0.4 is 5.32 Å². The average Bonchev–Trinajstić information content (AvgIpc) is 2.92. The van der Waals surface area contributed by atoms with Gasteiger partial charge in [-0.25, -0.2) is 0 Å². The van der Waals surface area contributed by atoms with Crippen molar-refractivity contribution in [2.75, 3.05) is 13.7 Å². The lowest BCUT2D eigenvalue weighted by atomic mass is 10.2. The van der Waals surface area contributed by atoms with E-state index in [-0.39, 0.29) is 5.91 Å². The van der Waals surface area contributed by atoms with Gasteiger partial charge in [0.2, 0.25) is 0 Å². The first-order valence-corrected chi connectivity index (χ1v) is 6.93. The van der Waals surface area contributed by atoms with E-state index in [2.05, 4.69) is 18.0 Å². The molecule has 0 bridgehead atoms. The number of carbonyl (C=O) groups is 1. The third-order valence-electron chi connectivity index (χ3n) is 2.52. The van der Waals surface area contributed by atoms with Crippen LogP contribution in [0.25, 0.3) is 0 Å². The summed E-state index contributed by atoms with van der Waals surface area (Å²) in [6.07, 6.45) is 6.00. The second-order valence-electron chi connectivity index (χ2n) is 3.83. The molecule has 0 aliphatic rings. The zero-order valence-corrected chi connectivity index (χ0v) is 12.1. The van der Waals surface area contributed by atoms with Crippen molar-refractivity contribution in [1.29, 1.82) is 0 Å². The fourth-order valence-electron chi connectivity index (χ4n) is 1.41. The Morgan fingerprint density at radius 2 is 2.32 bits per heavy atom. The molecule has 0 aliphatic heterocycles. The van der Waals surface area contributed by atoms with Crippen molar-refractivity contribution < 1.29 is 9.53 Å². The van der Waals surface area contributed by atoms with E-state index >= 15 is 0 Å². The summed E-state index contributed by atoms with van der Waals surface area (Å²) in [5.41, 5.74) is 0.601. The summed E-state index contributed by atoms with van der Waals surface area (Å²) in [4.78, 5) is 13.2. The minimum atomic E-state index is -0.0841. The van der Waals surface area contributed by atoms with Crippen molar-refractivity contribution in [3.63, 3.8) is 0 Å². The van der Waals surface area contributed by atoms with E-state index in [0.717, 1.165) is 6.42 Å². The van der Waals surface area contributed by atoms with Crippen LogP contribution in [0, 0.1) is 0 Å². The normalized spacial score (nSPS) is 11.6. The molecule has 0 fully saturated rings. The molecular weight excluding hydrogens is 258 g/mol. The minimum Gasteiger partial charge on any atom is -0.497 e. The number of allylic oxidation sites excluding steroid dienone is 2. The van der Waals surface area contributed by atoms with E-state index in [4.69, 9.17) is 4.74 Å². The number of rotatable bonds is 7. The Balaban J connectivity index is 2.42. The van der Waals surface area contributed by atoms with Gasteiger partial charge in [-0.15, -0.1) is 11.3 Å². The van der Waals surface area contributed by atoms with E-state index in [0.29, 0.717) is 17.9 Å². The lowest BCUT2D eigenvalue weighted by Crippen LogP contribution is -2.26. The Kier molecular flexibility index (Phi) is 6.68. The molecule has 3 nitrogen and oxygen atoms in total. The lowest BCUT2D eigenvalue weighted by molar-refractivity contribution is -0.117. The highest BCUT2D eigenvalue weighted by Crippen LogP contribution is 2.08. The molecule has 1 aromatic heterocycles. The number of hydrogen-bond acceptors (Lipinski definition) is 3. The van der Waals surface area contributed by atoms with Crippen molar-refractivity contribution in [3.8, 4) is 0 Å². The highest BCUT2D eigenvalue weighted by Gasteiger charge is 2.04. The van der Waals surface area contributed by atoms with Crippen LogP contribution in [0.4, 0.5) is 0 Å². The third-order valence-corrected chi connectivity index (χ3v) is 3.46. The van der Waals surface area contributed by atoms with Gasteiger partial charge >= 0.3 is 0 Å². The molecule has 4 heteroatoms. The van der Waals surface area contributed by atoms with Crippen LogP contribution in [0.15, 0.2) is 53.7 Å². The molecule has 1 N–H and O–H groups in total. The van der Waals surface area contributed by atoms with Gasteiger partial charge in [-0.05, 0) is 36.9 Å². The van der Waals surface area contributed by atoms with Crippen molar-refractivity contribution in [2.24, 2.45) is 0 Å². The van der Waals surface area contributed by atoms with Crippen molar-refractivity contribution in [1.82, 2.24) is 5.32 Å². The molecule has 0 saturated heterocycles. The van der Waals surface area contributed by atoms with E-state index in [1.165, 1.54) is 4.88 Å². The van der Waals surface area contributed by atoms with E-state index in [1.54, 1.807) is 36.7 Å². The third kappa shape index (κ3) is 5.57. The van der Waals surface area contributed by atoms with Crippen LogP contribution >= 0.6 is 11.3 Å². The van der Waals surface area contributed by atoms with Crippen molar-refractivity contribution in [3.05, 3.63) is 58.5 Å². The largest absolute Gasteiger partial charge is 0.497 e. The molecule has 0 unspecified atom stereocenters. The summed E-state index contributed by atoms with van der Waals surface area (Å²) in [7, 11) is 1.54. The van der Waals surface area contributed by atoms with Crippen molar-refractivity contribution >= 4 is 17.2 Å². The van der Waals surface area contributed by atoms with Gasteiger partial charge in [0.05, 0.1) is 7.11 Å². The molecule has 0 spiro atoms. The first kappa shape index (κ1) is 15.2. The number of nitrogens with one attached hydrogen (secondary N) is 1. The molecule has 0 atom stereocenters. The fourth-order valence-corrected chi connectivity index (χ4v) is 2.12. The SMILES string of the molecule is C=C(/C=C\C(=C/C)C(=O)NCCc1cccs1)OC. The zero-order chi connectivity index (χ0) is 14.1. The standard InChI is InChI=1S/C15H19NO2S/c1-4-13(8-7-12(2)18-3)15(17)16-10-9-14-6-5-11-19-14/h4-8,11H,2,9-10H2,1,3H3,(H,16,17)/b8-7-,13-4+. The van der Waals surface area contributed by atoms with Crippen LogP contribution in [0.3, 0.4) is 0 Å². The van der Waals surface area contributed by atoms with E-state index in [1.807, 2.05) is 18.4 Å². The van der Waals surface area contributed by atoms with E-state index < -0.39 is 0 Å². The van der Waals surface area contributed by atoms with Gasteiger partial charge in [0.15, 0.2) is 0 Å². The van der Waals surface area contributed by atoms with Crippen molar-refractivity contribution in [2.45, 2.75) is 13.3 Å². The lowest BCUT2D eigenvalue weighted by Gasteiger charge is -2.05. The van der Waals surface area contributed by atoms with Crippen LogP contribution in [0.1, 0.15) is 11.8 Å². The molecular formula is C15H19NO2S. The maximum absolute atomic E-state index is 11.9. The molecule has 1 amide bonds. The number of hydrogen-bond donors (Lipinski definition) is 1. The van der Waals surface area contributed by atoms with Gasteiger partial charge in [0.1, 0.15) is 5.76 Å². The van der Waals surface area contributed by atoms with Gasteiger partial charge in [-0.3, -0.25) is 4.79 Å². The summed E-state index contributed by atoms with van der Waals surface area (Å²) in [6.45, 7) is 6.13. The zero-order valence-electron chi connectivity index (χ0n) is 11.3. The van der Waals surface area contributed by atoms with Gasteiger partial charge in [0, 0.05) is 17.0 Å². The summed E-state index contributed by atoms with van der Waals surface area (Å²) in [5, 5.41) is 4.93. The first-order chi connectivity index (χ1) is 9.17. The average molecular weight is 277 g/mol. The predicted molar refractivity (Wildman–Crippen MR) is 80.1 cm³/mol. The summed E-state index contributed by atoms with van der Waals surface area (Å²) in [5.74, 6) is 0.435. The Bertz CT molecular complexity index is 472. The van der Waals surface area contributed by atoms with Gasteiger partial charge < -0.3 is 10.1 Å². The molecule has 19 heavy (non-hydrogen) atoms. The maximum Gasteiger partial charge on any atom is 0.250 e. The predicted octanol–water partition coefficient (Wildman–Crippen LogP) is 3.07. The second-order valence-corrected chi connectivity index (χ2v) is 4.87. The van der Waals surface area contributed by atoms with Crippen LogP contribution in [0.5, 0.6) is 0 Å². The molecule has 1 heterocycles. The molecule has 0 saturated carbocycles. The highest BCUT2D eigenvalue weighted by atomic mass is 32.1. The Labute approximate surface area is 118 Å². The topological polar surface area (TPSA) is 38.3 Å². The number of carbonyl (C=O) groups excluding carboxylic acids is 1. The Morgan fingerprint density at radius 3 is 2.89 bits per heavy atom. The molecule has 1 aromatic rings. The number of methoxy groups -OCH3 is 1. The van der Waals surface area contributed by atoms with Gasteiger partial charge in [0.25, 0.3) is 5.91 Å². The summed E-state index contributed by atoms with van der Waals surface area (Å²) < 4.78 is 4.92. The Morgan fingerprint density at radius 1 is 1.53 bits per heavy atom. The molecule has 102 valence electrons. The maximum atomic E-state index is 11.9. The monoisotopic (exact) mass is 277 g/mol. The number of ether oxygens (including phenoxy) is 1. The van der Waals surface area contributed by atoms with E-state index in [9.17, 15) is 4.79 Å².